The number of hydrogen-bond donors (Lipinski definition) is 0. The van der Waals surface area contributed by atoms with Gasteiger partial charge in [0, 0.05) is 6.61 Å². The van der Waals surface area contributed by atoms with Gasteiger partial charge < -0.3 is 9.47 Å². The average molecular weight is 309 g/mol. The van der Waals surface area contributed by atoms with Crippen molar-refractivity contribution in [2.45, 2.75) is 70.5 Å². The number of aliphatic imine (C=N–C) groups is 1. The highest BCUT2D eigenvalue weighted by Crippen LogP contribution is 2.22. The lowest BCUT2D eigenvalue weighted by molar-refractivity contribution is -0.0754. The largest absolute Gasteiger partial charge is 0.472 e. The van der Waals surface area contributed by atoms with E-state index in [-0.39, 0.29) is 13.2 Å². The van der Waals surface area contributed by atoms with Gasteiger partial charge in [0.05, 0.1) is 6.61 Å². The summed E-state index contributed by atoms with van der Waals surface area (Å²) in [5, 5.41) is 0. The van der Waals surface area contributed by atoms with Crippen molar-refractivity contribution in [2.75, 3.05) is 19.8 Å². The topological polar surface area (TPSA) is 30.8 Å². The second-order valence-corrected chi connectivity index (χ2v) is 5.45. The lowest BCUT2D eigenvalue weighted by Gasteiger charge is -2.06. The second kappa shape index (κ2) is 10.0. The van der Waals surface area contributed by atoms with Gasteiger partial charge >= 0.3 is 6.18 Å². The Morgan fingerprint density at radius 2 is 1.71 bits per heavy atom. The Balaban J connectivity index is 1.92. The van der Waals surface area contributed by atoms with Gasteiger partial charge in [-0.1, -0.05) is 51.9 Å². The first-order valence-electron chi connectivity index (χ1n) is 7.89. The average Bonchev–Trinajstić information content (AvgIpc) is 2.90. The number of rotatable bonds is 11. The van der Waals surface area contributed by atoms with Crippen LogP contribution in [0.15, 0.2) is 4.99 Å². The van der Waals surface area contributed by atoms with E-state index in [9.17, 15) is 13.2 Å². The van der Waals surface area contributed by atoms with Crippen LogP contribution in [0.1, 0.15) is 58.3 Å². The van der Waals surface area contributed by atoms with Crippen LogP contribution in [0.3, 0.4) is 0 Å². The van der Waals surface area contributed by atoms with Gasteiger partial charge in [0.15, 0.2) is 0 Å². The van der Waals surface area contributed by atoms with Crippen molar-refractivity contribution in [3.05, 3.63) is 0 Å². The van der Waals surface area contributed by atoms with Crippen molar-refractivity contribution >= 4 is 5.90 Å². The highest BCUT2D eigenvalue weighted by atomic mass is 19.4. The van der Waals surface area contributed by atoms with Crippen LogP contribution in [0.5, 0.6) is 0 Å². The Morgan fingerprint density at radius 1 is 1.10 bits per heavy atom. The minimum atomic E-state index is -4.48. The van der Waals surface area contributed by atoms with Crippen molar-refractivity contribution in [3.63, 3.8) is 0 Å². The summed E-state index contributed by atoms with van der Waals surface area (Å²) in [5.74, 6) is -1.12. The molecule has 0 N–H and O–H groups in total. The predicted molar refractivity (Wildman–Crippen MR) is 76.7 cm³/mol. The summed E-state index contributed by atoms with van der Waals surface area (Å²) >= 11 is 0. The fourth-order valence-corrected chi connectivity index (χ4v) is 2.21. The second-order valence-electron chi connectivity index (χ2n) is 5.45. The Kier molecular flexibility index (Phi) is 8.73. The van der Waals surface area contributed by atoms with E-state index in [2.05, 4.69) is 16.7 Å². The fraction of sp³-hybridized carbons (Fsp3) is 0.933. The molecular formula is C15H26F3NO2. The maximum absolute atomic E-state index is 12.3. The summed E-state index contributed by atoms with van der Waals surface area (Å²) in [4.78, 5) is 3.48. The molecule has 0 aromatic heterocycles. The minimum Gasteiger partial charge on any atom is -0.472 e. The van der Waals surface area contributed by atoms with E-state index in [4.69, 9.17) is 4.74 Å². The fourth-order valence-electron chi connectivity index (χ4n) is 2.21. The van der Waals surface area contributed by atoms with Gasteiger partial charge in [-0.3, -0.25) is 0 Å². The van der Waals surface area contributed by atoms with Gasteiger partial charge in [-0.15, -0.1) is 0 Å². The normalized spacial score (nSPS) is 18.7. The van der Waals surface area contributed by atoms with Gasteiger partial charge in [0.25, 0.3) is 5.90 Å². The molecule has 124 valence electrons. The highest BCUT2D eigenvalue weighted by molar-refractivity contribution is 5.83. The third kappa shape index (κ3) is 8.29. The molecule has 0 saturated carbocycles. The van der Waals surface area contributed by atoms with Crippen molar-refractivity contribution in [1.29, 1.82) is 0 Å². The third-order valence-electron chi connectivity index (χ3n) is 3.41. The molecule has 0 amide bonds. The molecule has 1 aliphatic heterocycles. The smallest absolute Gasteiger partial charge is 0.468 e. The first-order chi connectivity index (χ1) is 10.0. The molecule has 1 aliphatic rings. The van der Waals surface area contributed by atoms with E-state index in [1.54, 1.807) is 0 Å². The summed E-state index contributed by atoms with van der Waals surface area (Å²) in [6.45, 7) is 2.96. The molecule has 0 aromatic carbocycles. The lowest BCUT2D eigenvalue weighted by atomic mass is 10.1. The molecule has 0 saturated heterocycles. The molecule has 0 bridgehead atoms. The molecule has 0 aliphatic carbocycles. The molecule has 1 atom stereocenters. The molecule has 0 radical (unpaired) electrons. The van der Waals surface area contributed by atoms with E-state index in [1.165, 1.54) is 38.5 Å². The standard InChI is InChI=1S/C15H26F3NO2/c1-2-3-4-5-6-7-8-9-10-20-11-13-12-21-14(19-13)15(16,17)18/h13H,2-12H2,1H3. The number of halogens is 3. The zero-order chi connectivity index (χ0) is 15.6. The molecular weight excluding hydrogens is 283 g/mol. The molecule has 1 heterocycles. The van der Waals surface area contributed by atoms with Crippen LogP contribution < -0.4 is 0 Å². The molecule has 21 heavy (non-hydrogen) atoms. The number of nitrogens with zero attached hydrogens (tertiary/aromatic N) is 1. The maximum Gasteiger partial charge on any atom is 0.468 e. The van der Waals surface area contributed by atoms with Crippen molar-refractivity contribution in [2.24, 2.45) is 4.99 Å². The summed E-state index contributed by atoms with van der Waals surface area (Å²) in [6, 6.07) is -0.518. The van der Waals surface area contributed by atoms with Crippen LogP contribution in [-0.2, 0) is 9.47 Å². The highest BCUT2D eigenvalue weighted by Gasteiger charge is 2.41. The molecule has 0 aromatic rings. The maximum atomic E-state index is 12.3. The van der Waals surface area contributed by atoms with Crippen LogP contribution in [0.4, 0.5) is 13.2 Å². The zero-order valence-corrected chi connectivity index (χ0v) is 12.8. The van der Waals surface area contributed by atoms with E-state index in [0.717, 1.165) is 12.8 Å². The lowest BCUT2D eigenvalue weighted by Crippen LogP contribution is -2.22. The van der Waals surface area contributed by atoms with Crippen LogP contribution in [-0.4, -0.2) is 37.9 Å². The van der Waals surface area contributed by atoms with E-state index in [0.29, 0.717) is 6.61 Å². The van der Waals surface area contributed by atoms with Gasteiger partial charge in [-0.2, -0.15) is 13.2 Å². The van der Waals surface area contributed by atoms with Crippen molar-refractivity contribution < 1.29 is 22.6 Å². The number of unbranched alkanes of at least 4 members (excludes halogenated alkanes) is 7. The summed E-state index contributed by atoms with van der Waals surface area (Å²) in [6.07, 6.45) is 5.24. The first kappa shape index (κ1) is 18.3. The zero-order valence-electron chi connectivity index (χ0n) is 12.8. The molecule has 6 heteroatoms. The molecule has 3 nitrogen and oxygen atoms in total. The van der Waals surface area contributed by atoms with Crippen LogP contribution in [0, 0.1) is 0 Å². The Morgan fingerprint density at radius 3 is 2.29 bits per heavy atom. The summed E-state index contributed by atoms with van der Waals surface area (Å²) in [7, 11) is 0. The van der Waals surface area contributed by atoms with Crippen LogP contribution in [0.2, 0.25) is 0 Å². The Bertz CT molecular complexity index is 306. The predicted octanol–water partition coefficient (Wildman–Crippen LogP) is 4.50. The van der Waals surface area contributed by atoms with Gasteiger partial charge in [-0.25, -0.2) is 4.99 Å². The van der Waals surface area contributed by atoms with Crippen LogP contribution >= 0.6 is 0 Å². The van der Waals surface area contributed by atoms with Gasteiger partial charge in [0.1, 0.15) is 12.6 Å². The third-order valence-corrected chi connectivity index (χ3v) is 3.41. The van der Waals surface area contributed by atoms with Crippen molar-refractivity contribution in [1.82, 2.24) is 0 Å². The minimum absolute atomic E-state index is 0.0354. The molecule has 0 fully saturated rings. The molecule has 0 spiro atoms. The molecule has 1 rings (SSSR count). The van der Waals surface area contributed by atoms with Crippen LogP contribution in [0.25, 0.3) is 0 Å². The number of alkyl halides is 3. The van der Waals surface area contributed by atoms with Crippen molar-refractivity contribution in [3.8, 4) is 0 Å². The Labute approximate surface area is 124 Å². The summed E-state index contributed by atoms with van der Waals surface area (Å²) in [5.41, 5.74) is 0. The van der Waals surface area contributed by atoms with Gasteiger partial charge in [-0.05, 0) is 6.42 Å². The van der Waals surface area contributed by atoms with E-state index >= 15 is 0 Å². The monoisotopic (exact) mass is 309 g/mol. The number of ether oxygens (including phenoxy) is 2. The molecule has 1 unspecified atom stereocenters. The van der Waals surface area contributed by atoms with Gasteiger partial charge in [0.2, 0.25) is 0 Å². The summed E-state index contributed by atoms with van der Waals surface area (Å²) < 4.78 is 46.7. The number of hydrogen-bond acceptors (Lipinski definition) is 3. The first-order valence-corrected chi connectivity index (χ1v) is 7.89. The SMILES string of the molecule is CCCCCCCCCCOCC1COC(C(F)(F)F)=N1. The quantitative estimate of drug-likeness (QED) is 0.526. The van der Waals surface area contributed by atoms with E-state index < -0.39 is 18.1 Å². The Hall–Kier alpha value is -0.780. The van der Waals surface area contributed by atoms with E-state index in [1.807, 2.05) is 0 Å².